The maximum absolute atomic E-state index is 11.9. The van der Waals surface area contributed by atoms with Crippen molar-refractivity contribution in [1.82, 2.24) is 10.1 Å². The number of carbonyl (C=O) groups is 2. The smallest absolute Gasteiger partial charge is 0.245 e. The summed E-state index contributed by atoms with van der Waals surface area (Å²) in [6.07, 6.45) is 1.10. The normalized spacial score (nSPS) is 10.4. The van der Waals surface area contributed by atoms with E-state index in [4.69, 9.17) is 4.52 Å². The quantitative estimate of drug-likeness (QED) is 0.886. The molecular weight excluding hydrogens is 290 g/mol. The molecule has 6 nitrogen and oxygen atoms in total. The molecule has 0 aliphatic carbocycles. The molecule has 2 aromatic heterocycles. The van der Waals surface area contributed by atoms with Crippen LogP contribution in [0.5, 0.6) is 0 Å². The summed E-state index contributed by atoms with van der Waals surface area (Å²) < 4.78 is 4.85. The Morgan fingerprint density at radius 2 is 2.29 bits per heavy atom. The van der Waals surface area contributed by atoms with E-state index in [0.29, 0.717) is 24.4 Å². The van der Waals surface area contributed by atoms with Crippen LogP contribution in [0.1, 0.15) is 17.1 Å². The number of rotatable bonds is 6. The van der Waals surface area contributed by atoms with E-state index < -0.39 is 0 Å². The van der Waals surface area contributed by atoms with Gasteiger partial charge in [0, 0.05) is 24.4 Å². The van der Waals surface area contributed by atoms with Gasteiger partial charge in [-0.2, -0.15) is 0 Å². The number of nitrogens with one attached hydrogen (secondary N) is 1. The first-order chi connectivity index (χ1) is 10.0. The van der Waals surface area contributed by atoms with Crippen LogP contribution in [0.2, 0.25) is 0 Å². The third-order valence-corrected chi connectivity index (χ3v) is 3.80. The Morgan fingerprint density at radius 1 is 1.48 bits per heavy atom. The minimum absolute atomic E-state index is 0.00478. The summed E-state index contributed by atoms with van der Waals surface area (Å²) in [7, 11) is 1.62. The Morgan fingerprint density at radius 3 is 2.90 bits per heavy atom. The standard InChI is InChI=1S/C14H17N3O3S/c1-10-8-12(16-20-10)15-13(18)9-17(2)14(19)6-5-11-4-3-7-21-11/h3-4,7-8H,5-6,9H2,1-2H3,(H,15,16,18). The number of aryl methyl sites for hydroxylation is 2. The number of thiophene rings is 1. The zero-order valence-corrected chi connectivity index (χ0v) is 12.8. The molecule has 0 bridgehead atoms. The first kappa shape index (κ1) is 15.2. The number of carbonyl (C=O) groups excluding carboxylic acids is 2. The summed E-state index contributed by atoms with van der Waals surface area (Å²) in [6, 6.07) is 5.58. The lowest BCUT2D eigenvalue weighted by atomic mass is 10.2. The Kier molecular flexibility index (Phi) is 5.10. The van der Waals surface area contributed by atoms with Gasteiger partial charge in [-0.15, -0.1) is 11.3 Å². The van der Waals surface area contributed by atoms with Gasteiger partial charge in [0.2, 0.25) is 11.8 Å². The Balaban J connectivity index is 1.75. The van der Waals surface area contributed by atoms with E-state index in [1.54, 1.807) is 31.4 Å². The summed E-state index contributed by atoms with van der Waals surface area (Å²) in [5.41, 5.74) is 0. The van der Waals surface area contributed by atoms with Crippen LogP contribution in [0.25, 0.3) is 0 Å². The van der Waals surface area contributed by atoms with Crippen molar-refractivity contribution in [3.8, 4) is 0 Å². The molecule has 112 valence electrons. The minimum Gasteiger partial charge on any atom is -0.360 e. The average Bonchev–Trinajstić information content (AvgIpc) is 3.07. The van der Waals surface area contributed by atoms with Crippen molar-refractivity contribution in [3.05, 3.63) is 34.2 Å². The van der Waals surface area contributed by atoms with Gasteiger partial charge < -0.3 is 14.7 Å². The van der Waals surface area contributed by atoms with Crippen LogP contribution >= 0.6 is 11.3 Å². The molecule has 0 unspecified atom stereocenters. The van der Waals surface area contributed by atoms with E-state index >= 15 is 0 Å². The molecule has 0 radical (unpaired) electrons. The number of nitrogens with zero attached hydrogens (tertiary/aromatic N) is 2. The fourth-order valence-corrected chi connectivity index (χ4v) is 2.50. The first-order valence-electron chi connectivity index (χ1n) is 6.54. The molecule has 2 amide bonds. The van der Waals surface area contributed by atoms with Gasteiger partial charge >= 0.3 is 0 Å². The van der Waals surface area contributed by atoms with Crippen molar-refractivity contribution < 1.29 is 14.1 Å². The molecule has 2 aromatic rings. The Bertz CT molecular complexity index is 607. The Labute approximate surface area is 126 Å². The third-order valence-electron chi connectivity index (χ3n) is 2.87. The van der Waals surface area contributed by atoms with Crippen LogP contribution in [0.15, 0.2) is 28.1 Å². The highest BCUT2D eigenvalue weighted by Crippen LogP contribution is 2.11. The van der Waals surface area contributed by atoms with Crippen LogP contribution in [-0.4, -0.2) is 35.5 Å². The van der Waals surface area contributed by atoms with Crippen molar-refractivity contribution in [2.75, 3.05) is 18.9 Å². The van der Waals surface area contributed by atoms with Crippen molar-refractivity contribution in [2.45, 2.75) is 19.8 Å². The van der Waals surface area contributed by atoms with E-state index in [1.165, 1.54) is 9.78 Å². The van der Waals surface area contributed by atoms with Crippen LogP contribution in [0.3, 0.4) is 0 Å². The van der Waals surface area contributed by atoms with Crippen molar-refractivity contribution in [1.29, 1.82) is 0 Å². The van der Waals surface area contributed by atoms with Gasteiger partial charge in [-0.05, 0) is 24.8 Å². The third kappa shape index (κ3) is 4.71. The maximum atomic E-state index is 11.9. The SMILES string of the molecule is Cc1cc(NC(=O)CN(C)C(=O)CCc2cccs2)no1. The second-order valence-electron chi connectivity index (χ2n) is 4.70. The lowest BCUT2D eigenvalue weighted by Crippen LogP contribution is -2.35. The number of aromatic nitrogens is 1. The zero-order chi connectivity index (χ0) is 15.2. The molecule has 0 atom stereocenters. The average molecular weight is 307 g/mol. The van der Waals surface area contributed by atoms with Gasteiger partial charge in [-0.25, -0.2) is 0 Å². The van der Waals surface area contributed by atoms with E-state index in [1.807, 2.05) is 17.5 Å². The second kappa shape index (κ2) is 7.03. The topological polar surface area (TPSA) is 75.4 Å². The van der Waals surface area contributed by atoms with Gasteiger partial charge in [-0.1, -0.05) is 11.2 Å². The molecular formula is C14H17N3O3S. The largest absolute Gasteiger partial charge is 0.360 e. The van der Waals surface area contributed by atoms with E-state index in [-0.39, 0.29) is 18.4 Å². The fraction of sp³-hybridized carbons (Fsp3) is 0.357. The van der Waals surface area contributed by atoms with Gasteiger partial charge in [-0.3, -0.25) is 9.59 Å². The Hall–Kier alpha value is -2.15. The van der Waals surface area contributed by atoms with E-state index in [9.17, 15) is 9.59 Å². The summed E-state index contributed by atoms with van der Waals surface area (Å²) in [4.78, 5) is 26.3. The predicted molar refractivity (Wildman–Crippen MR) is 80.1 cm³/mol. The molecule has 21 heavy (non-hydrogen) atoms. The van der Waals surface area contributed by atoms with Crippen LogP contribution in [-0.2, 0) is 16.0 Å². The van der Waals surface area contributed by atoms with Gasteiger partial charge in [0.1, 0.15) is 5.76 Å². The molecule has 0 aromatic carbocycles. The summed E-state index contributed by atoms with van der Waals surface area (Å²) in [5, 5.41) is 8.23. The number of amides is 2. The number of anilines is 1. The van der Waals surface area contributed by atoms with Crippen LogP contribution < -0.4 is 5.32 Å². The van der Waals surface area contributed by atoms with Crippen LogP contribution in [0.4, 0.5) is 5.82 Å². The number of likely N-dealkylation sites (N-methyl/N-ethyl adjacent to an activating group) is 1. The summed E-state index contributed by atoms with van der Waals surface area (Å²) >= 11 is 1.63. The van der Waals surface area contributed by atoms with Gasteiger partial charge in [0.15, 0.2) is 5.82 Å². The van der Waals surface area contributed by atoms with E-state index in [2.05, 4.69) is 10.5 Å². The predicted octanol–water partition coefficient (Wildman–Crippen LogP) is 2.07. The number of hydrogen-bond acceptors (Lipinski definition) is 5. The lowest BCUT2D eigenvalue weighted by Gasteiger charge is -2.16. The molecule has 7 heteroatoms. The highest BCUT2D eigenvalue weighted by Gasteiger charge is 2.14. The first-order valence-corrected chi connectivity index (χ1v) is 7.42. The number of hydrogen-bond donors (Lipinski definition) is 1. The molecule has 0 fully saturated rings. The minimum atomic E-state index is -0.296. The zero-order valence-electron chi connectivity index (χ0n) is 12.0. The van der Waals surface area contributed by atoms with Gasteiger partial charge in [0.05, 0.1) is 6.54 Å². The molecule has 2 rings (SSSR count). The molecule has 0 aliphatic heterocycles. The highest BCUT2D eigenvalue weighted by molar-refractivity contribution is 7.09. The molecule has 1 N–H and O–H groups in total. The van der Waals surface area contributed by atoms with Gasteiger partial charge in [0.25, 0.3) is 0 Å². The van der Waals surface area contributed by atoms with Crippen molar-refractivity contribution in [3.63, 3.8) is 0 Å². The summed E-state index contributed by atoms with van der Waals surface area (Å²) in [6.45, 7) is 1.73. The maximum Gasteiger partial charge on any atom is 0.245 e. The second-order valence-corrected chi connectivity index (χ2v) is 5.73. The summed E-state index contributed by atoms with van der Waals surface area (Å²) in [5.74, 6) is 0.618. The van der Waals surface area contributed by atoms with E-state index in [0.717, 1.165) is 0 Å². The fourth-order valence-electron chi connectivity index (χ4n) is 1.79. The lowest BCUT2D eigenvalue weighted by molar-refractivity contribution is -0.133. The molecule has 2 heterocycles. The van der Waals surface area contributed by atoms with Crippen molar-refractivity contribution in [2.24, 2.45) is 0 Å². The molecule has 0 aliphatic rings. The van der Waals surface area contributed by atoms with Crippen LogP contribution in [0, 0.1) is 6.92 Å². The highest BCUT2D eigenvalue weighted by atomic mass is 32.1. The molecule has 0 spiro atoms. The monoisotopic (exact) mass is 307 g/mol. The van der Waals surface area contributed by atoms with Crippen molar-refractivity contribution >= 4 is 29.0 Å². The molecule has 0 saturated heterocycles. The molecule has 0 saturated carbocycles.